The molecule has 0 unspecified atom stereocenters. The predicted octanol–water partition coefficient (Wildman–Crippen LogP) is 3.63. The Balaban J connectivity index is 2.86. The lowest BCUT2D eigenvalue weighted by Gasteiger charge is -2.09. The third kappa shape index (κ3) is 3.54. The van der Waals surface area contributed by atoms with Crippen LogP contribution in [0.4, 0.5) is 0 Å². The molecule has 0 spiro atoms. The van der Waals surface area contributed by atoms with Crippen molar-refractivity contribution >= 4 is 33.5 Å². The monoisotopic (exact) mass is 286 g/mol. The number of rotatable bonds is 5. The van der Waals surface area contributed by atoms with Crippen LogP contribution < -0.4 is 5.73 Å². The molecule has 1 aromatic rings. The average Bonchev–Trinajstić information content (AvgIpc) is 2.17. The topological polar surface area (TPSA) is 49.9 Å². The average molecular weight is 287 g/mol. The smallest absolute Gasteiger partial charge is 0.125 e. The molecule has 0 fully saturated rings. The van der Waals surface area contributed by atoms with Gasteiger partial charge in [-0.2, -0.15) is 0 Å². The van der Waals surface area contributed by atoms with Gasteiger partial charge in [-0.15, -0.1) is 11.8 Å². The standard InChI is InChI=1S/C11H15BrN2S/c1-2-3-7-15-9-6-4-5-8(12)10(9)11(13)14/h4-6H,2-3,7H2,1H3,(H3,13,14). The van der Waals surface area contributed by atoms with E-state index in [2.05, 4.69) is 22.9 Å². The molecular weight excluding hydrogens is 272 g/mol. The molecule has 4 heteroatoms. The van der Waals surface area contributed by atoms with E-state index >= 15 is 0 Å². The van der Waals surface area contributed by atoms with Crippen molar-refractivity contribution in [1.82, 2.24) is 0 Å². The van der Waals surface area contributed by atoms with Crippen molar-refractivity contribution in [2.75, 3.05) is 5.75 Å². The minimum Gasteiger partial charge on any atom is -0.384 e. The zero-order valence-electron chi connectivity index (χ0n) is 8.72. The first kappa shape index (κ1) is 12.6. The highest BCUT2D eigenvalue weighted by Gasteiger charge is 2.09. The highest BCUT2D eigenvalue weighted by molar-refractivity contribution is 9.10. The van der Waals surface area contributed by atoms with Gasteiger partial charge in [-0.3, -0.25) is 5.41 Å². The van der Waals surface area contributed by atoms with Gasteiger partial charge in [0.1, 0.15) is 5.84 Å². The van der Waals surface area contributed by atoms with E-state index in [1.165, 1.54) is 12.8 Å². The third-order valence-corrected chi connectivity index (χ3v) is 3.81. The fourth-order valence-corrected chi connectivity index (χ4v) is 3.12. The fourth-order valence-electron chi connectivity index (χ4n) is 1.21. The van der Waals surface area contributed by atoms with Crippen molar-refractivity contribution in [3.63, 3.8) is 0 Å². The van der Waals surface area contributed by atoms with E-state index < -0.39 is 0 Å². The van der Waals surface area contributed by atoms with Crippen LogP contribution in [0.1, 0.15) is 25.3 Å². The van der Waals surface area contributed by atoms with Crippen LogP contribution in [-0.2, 0) is 0 Å². The highest BCUT2D eigenvalue weighted by Crippen LogP contribution is 2.28. The van der Waals surface area contributed by atoms with Gasteiger partial charge < -0.3 is 5.73 Å². The Morgan fingerprint density at radius 3 is 2.87 bits per heavy atom. The lowest BCUT2D eigenvalue weighted by Crippen LogP contribution is -2.13. The van der Waals surface area contributed by atoms with Crippen molar-refractivity contribution < 1.29 is 0 Å². The molecule has 0 saturated heterocycles. The van der Waals surface area contributed by atoms with Crippen LogP contribution in [0.25, 0.3) is 0 Å². The minimum atomic E-state index is 0.126. The maximum Gasteiger partial charge on any atom is 0.125 e. The van der Waals surface area contributed by atoms with E-state index in [1.54, 1.807) is 11.8 Å². The summed E-state index contributed by atoms with van der Waals surface area (Å²) in [6.07, 6.45) is 2.38. The predicted molar refractivity (Wildman–Crippen MR) is 70.8 cm³/mol. The van der Waals surface area contributed by atoms with Gasteiger partial charge >= 0.3 is 0 Å². The Hall–Kier alpha value is -0.480. The Bertz CT molecular complexity index is 352. The van der Waals surface area contributed by atoms with Gasteiger partial charge in [0.15, 0.2) is 0 Å². The lowest BCUT2D eigenvalue weighted by molar-refractivity contribution is 0.896. The molecular formula is C11H15BrN2S. The second-order valence-corrected chi connectivity index (χ2v) is 5.22. The highest BCUT2D eigenvalue weighted by atomic mass is 79.9. The van der Waals surface area contributed by atoms with E-state index in [9.17, 15) is 0 Å². The normalized spacial score (nSPS) is 10.3. The fraction of sp³-hybridized carbons (Fsp3) is 0.364. The molecule has 0 heterocycles. The summed E-state index contributed by atoms with van der Waals surface area (Å²) in [7, 11) is 0. The van der Waals surface area contributed by atoms with Crippen molar-refractivity contribution in [1.29, 1.82) is 5.41 Å². The summed E-state index contributed by atoms with van der Waals surface area (Å²) in [6.45, 7) is 2.17. The van der Waals surface area contributed by atoms with Crippen molar-refractivity contribution in [2.24, 2.45) is 5.73 Å². The van der Waals surface area contributed by atoms with E-state index in [0.717, 1.165) is 20.7 Å². The number of nitrogens with two attached hydrogens (primary N) is 1. The molecule has 1 rings (SSSR count). The summed E-state index contributed by atoms with van der Waals surface area (Å²) in [4.78, 5) is 1.09. The van der Waals surface area contributed by atoms with Crippen LogP contribution in [0, 0.1) is 5.41 Å². The molecule has 0 aromatic heterocycles. The number of nitrogens with one attached hydrogen (secondary N) is 1. The molecule has 82 valence electrons. The quantitative estimate of drug-likeness (QED) is 0.376. The molecule has 15 heavy (non-hydrogen) atoms. The Morgan fingerprint density at radius 1 is 1.53 bits per heavy atom. The number of hydrogen-bond donors (Lipinski definition) is 2. The SMILES string of the molecule is CCCCSc1cccc(Br)c1C(=N)N. The lowest BCUT2D eigenvalue weighted by atomic mass is 10.2. The summed E-state index contributed by atoms with van der Waals surface area (Å²) in [5, 5.41) is 7.53. The zero-order valence-corrected chi connectivity index (χ0v) is 11.1. The molecule has 1 aromatic carbocycles. The van der Waals surface area contributed by atoms with Gasteiger partial charge in [0.25, 0.3) is 0 Å². The molecule has 0 aliphatic rings. The summed E-state index contributed by atoms with van der Waals surface area (Å²) in [5.74, 6) is 1.20. The van der Waals surface area contributed by atoms with Gasteiger partial charge in [-0.25, -0.2) is 0 Å². The van der Waals surface area contributed by atoms with Crippen molar-refractivity contribution in [3.05, 3.63) is 28.2 Å². The minimum absolute atomic E-state index is 0.126. The Kier molecular flexibility index (Phi) is 5.19. The van der Waals surface area contributed by atoms with E-state index in [1.807, 2.05) is 18.2 Å². The van der Waals surface area contributed by atoms with Gasteiger partial charge in [-0.05, 0) is 40.2 Å². The molecule has 0 bridgehead atoms. The number of nitrogen functional groups attached to an aromatic ring is 1. The molecule has 0 aliphatic carbocycles. The summed E-state index contributed by atoms with van der Waals surface area (Å²) < 4.78 is 0.900. The molecule has 0 radical (unpaired) electrons. The van der Waals surface area contributed by atoms with E-state index in [-0.39, 0.29) is 5.84 Å². The second kappa shape index (κ2) is 6.18. The van der Waals surface area contributed by atoms with Crippen molar-refractivity contribution in [3.8, 4) is 0 Å². The van der Waals surface area contributed by atoms with Crippen LogP contribution >= 0.6 is 27.7 Å². The maximum absolute atomic E-state index is 7.53. The summed E-state index contributed by atoms with van der Waals surface area (Å²) in [6, 6.07) is 5.91. The summed E-state index contributed by atoms with van der Waals surface area (Å²) in [5.41, 5.74) is 6.38. The zero-order chi connectivity index (χ0) is 11.3. The first-order valence-corrected chi connectivity index (χ1v) is 6.70. The number of unbranched alkanes of at least 4 members (excludes halogenated alkanes) is 1. The number of benzene rings is 1. The van der Waals surface area contributed by atoms with Crippen LogP contribution in [0.2, 0.25) is 0 Å². The summed E-state index contributed by atoms with van der Waals surface area (Å²) >= 11 is 5.19. The molecule has 3 N–H and O–H groups in total. The van der Waals surface area contributed by atoms with Crippen LogP contribution in [-0.4, -0.2) is 11.6 Å². The Labute approximate surface area is 103 Å². The third-order valence-electron chi connectivity index (χ3n) is 2.00. The number of amidine groups is 1. The van der Waals surface area contributed by atoms with Gasteiger partial charge in [0.05, 0.1) is 0 Å². The van der Waals surface area contributed by atoms with Crippen molar-refractivity contribution in [2.45, 2.75) is 24.7 Å². The maximum atomic E-state index is 7.53. The number of hydrogen-bond acceptors (Lipinski definition) is 2. The number of thioether (sulfide) groups is 1. The van der Waals surface area contributed by atoms with Crippen LogP contribution in [0.5, 0.6) is 0 Å². The molecule has 2 nitrogen and oxygen atoms in total. The van der Waals surface area contributed by atoms with Crippen LogP contribution in [0.3, 0.4) is 0 Å². The van der Waals surface area contributed by atoms with Gasteiger partial charge in [0, 0.05) is 14.9 Å². The van der Waals surface area contributed by atoms with Crippen LogP contribution in [0.15, 0.2) is 27.6 Å². The molecule has 0 amide bonds. The Morgan fingerprint density at radius 2 is 2.27 bits per heavy atom. The van der Waals surface area contributed by atoms with E-state index in [4.69, 9.17) is 11.1 Å². The van der Waals surface area contributed by atoms with Gasteiger partial charge in [-0.1, -0.05) is 19.4 Å². The largest absolute Gasteiger partial charge is 0.384 e. The van der Waals surface area contributed by atoms with Gasteiger partial charge in [0.2, 0.25) is 0 Å². The second-order valence-electron chi connectivity index (χ2n) is 3.23. The number of halogens is 1. The molecule has 0 atom stereocenters. The molecule has 0 saturated carbocycles. The van der Waals surface area contributed by atoms with E-state index in [0.29, 0.717) is 0 Å². The first-order chi connectivity index (χ1) is 7.16. The molecule has 0 aliphatic heterocycles. The first-order valence-electron chi connectivity index (χ1n) is 4.92.